The van der Waals surface area contributed by atoms with Crippen LogP contribution in [0, 0.1) is 11.3 Å². The van der Waals surface area contributed by atoms with E-state index in [2.05, 4.69) is 11.2 Å². The van der Waals surface area contributed by atoms with Crippen LogP contribution in [-0.2, 0) is 19.6 Å². The van der Waals surface area contributed by atoms with Gasteiger partial charge in [0.2, 0.25) is 0 Å². The lowest BCUT2D eigenvalue weighted by molar-refractivity contribution is 0.0969. The Kier molecular flexibility index (Phi) is 4.71. The van der Waals surface area contributed by atoms with Crippen LogP contribution in [0.2, 0.25) is 0 Å². The molecule has 0 amide bonds. The zero-order valence-electron chi connectivity index (χ0n) is 14.9. The second kappa shape index (κ2) is 7.46. The number of fused-ring (bicyclic) bond motifs is 1. The Hall–Kier alpha value is -3.39. The molecule has 0 N–H and O–H groups in total. The minimum absolute atomic E-state index is 0.128. The highest BCUT2D eigenvalue weighted by Gasteiger charge is 2.27. The topological polar surface area (TPSA) is 67.9 Å². The van der Waals surface area contributed by atoms with Crippen molar-refractivity contribution in [1.82, 2.24) is 9.78 Å². The Balaban J connectivity index is 1.66. The second-order valence-electron chi connectivity index (χ2n) is 6.57. The van der Waals surface area contributed by atoms with Crippen LogP contribution >= 0.6 is 0 Å². The number of nitriles is 1. The molecular weight excluding hydrogens is 338 g/mol. The molecular formula is C22H19N3O2. The van der Waals surface area contributed by atoms with Gasteiger partial charge in [-0.05, 0) is 36.6 Å². The normalized spacial score (nSPS) is 13.1. The molecule has 134 valence electrons. The van der Waals surface area contributed by atoms with Gasteiger partial charge in [-0.2, -0.15) is 10.4 Å². The van der Waals surface area contributed by atoms with Gasteiger partial charge < -0.3 is 4.74 Å². The first-order chi connectivity index (χ1) is 13.3. The van der Waals surface area contributed by atoms with Gasteiger partial charge in [-0.1, -0.05) is 36.4 Å². The molecule has 0 spiro atoms. The van der Waals surface area contributed by atoms with Crippen LogP contribution in [0.3, 0.4) is 0 Å². The number of carbonyl (C=O) groups excluding carboxylic acids is 1. The molecule has 1 aliphatic rings. The molecule has 1 heterocycles. The number of benzene rings is 2. The number of nitrogens with zero attached hydrogens (tertiary/aromatic N) is 3. The van der Waals surface area contributed by atoms with E-state index in [-0.39, 0.29) is 12.4 Å². The number of Topliss-reactive ketones (excluding diaryl/α,β-unsaturated/α-hetero) is 1. The molecule has 5 heteroatoms. The molecule has 0 saturated heterocycles. The fraction of sp³-hybridized carbons (Fsp3) is 0.227. The van der Waals surface area contributed by atoms with Crippen LogP contribution in [0.15, 0.2) is 54.6 Å². The van der Waals surface area contributed by atoms with Gasteiger partial charge in [-0.3, -0.25) is 9.48 Å². The molecule has 0 unspecified atom stereocenters. The van der Waals surface area contributed by atoms with Gasteiger partial charge in [0, 0.05) is 6.42 Å². The number of para-hydroxylation sites is 1. The zero-order valence-corrected chi connectivity index (χ0v) is 14.9. The summed E-state index contributed by atoms with van der Waals surface area (Å²) in [6, 6.07) is 19.2. The molecule has 3 aromatic rings. The summed E-state index contributed by atoms with van der Waals surface area (Å²) < 4.78 is 7.70. The standard InChI is InChI=1S/C22H19N3O2/c23-13-16-7-4-5-8-17(16)14-25-20-11-6-12-21(26)22(20)19(24-25)15-27-18-9-2-1-3-10-18/h1-5,7-10H,6,11-12,14-15H2. The quantitative estimate of drug-likeness (QED) is 0.694. The molecule has 5 nitrogen and oxygen atoms in total. The van der Waals surface area contributed by atoms with Crippen LogP contribution in [0.5, 0.6) is 5.75 Å². The highest BCUT2D eigenvalue weighted by Crippen LogP contribution is 2.26. The Morgan fingerprint density at radius 2 is 1.85 bits per heavy atom. The summed E-state index contributed by atoms with van der Waals surface area (Å²) in [5.41, 5.74) is 3.86. The first kappa shape index (κ1) is 17.0. The van der Waals surface area contributed by atoms with Crippen molar-refractivity contribution in [2.24, 2.45) is 0 Å². The maximum absolute atomic E-state index is 12.5. The van der Waals surface area contributed by atoms with Gasteiger partial charge >= 0.3 is 0 Å². The Labute approximate surface area is 157 Å². The summed E-state index contributed by atoms with van der Waals surface area (Å²) in [5.74, 6) is 0.876. The van der Waals surface area contributed by atoms with E-state index in [1.807, 2.05) is 53.2 Å². The summed E-state index contributed by atoms with van der Waals surface area (Å²) in [7, 11) is 0. The third-order valence-electron chi connectivity index (χ3n) is 4.80. The van der Waals surface area contributed by atoms with Crippen LogP contribution in [0.1, 0.15) is 45.7 Å². The third-order valence-corrected chi connectivity index (χ3v) is 4.80. The Morgan fingerprint density at radius 3 is 2.67 bits per heavy atom. The Bertz CT molecular complexity index is 1020. The van der Waals surface area contributed by atoms with Gasteiger partial charge in [-0.25, -0.2) is 0 Å². The molecule has 27 heavy (non-hydrogen) atoms. The number of ketones is 1. The maximum Gasteiger partial charge on any atom is 0.166 e. The van der Waals surface area contributed by atoms with E-state index in [0.717, 1.165) is 29.8 Å². The fourth-order valence-corrected chi connectivity index (χ4v) is 3.50. The fourth-order valence-electron chi connectivity index (χ4n) is 3.50. The van der Waals surface area contributed by atoms with E-state index in [1.54, 1.807) is 6.07 Å². The molecule has 1 aromatic heterocycles. The van der Waals surface area contributed by atoms with Gasteiger partial charge in [0.05, 0.1) is 29.4 Å². The highest BCUT2D eigenvalue weighted by molar-refractivity contribution is 5.99. The molecule has 0 bridgehead atoms. The van der Waals surface area contributed by atoms with Gasteiger partial charge in [0.1, 0.15) is 18.1 Å². The lowest BCUT2D eigenvalue weighted by Gasteiger charge is -2.14. The maximum atomic E-state index is 12.5. The summed E-state index contributed by atoms with van der Waals surface area (Å²) in [6.07, 6.45) is 2.19. The average Bonchev–Trinajstić information content (AvgIpc) is 3.06. The highest BCUT2D eigenvalue weighted by atomic mass is 16.5. The van der Waals surface area contributed by atoms with E-state index in [9.17, 15) is 10.1 Å². The van der Waals surface area contributed by atoms with Crippen LogP contribution in [0.4, 0.5) is 0 Å². The Morgan fingerprint density at radius 1 is 1.07 bits per heavy atom. The van der Waals surface area contributed by atoms with Gasteiger partial charge in [-0.15, -0.1) is 0 Å². The predicted octanol–water partition coefficient (Wildman–Crippen LogP) is 3.90. The van der Waals surface area contributed by atoms with E-state index in [0.29, 0.717) is 29.8 Å². The first-order valence-corrected chi connectivity index (χ1v) is 9.04. The monoisotopic (exact) mass is 357 g/mol. The van der Waals surface area contributed by atoms with Crippen molar-refractivity contribution in [2.45, 2.75) is 32.4 Å². The molecule has 0 saturated carbocycles. The lowest BCUT2D eigenvalue weighted by Crippen LogP contribution is -2.15. The summed E-state index contributed by atoms with van der Waals surface area (Å²) in [5, 5.41) is 14.0. The molecule has 4 rings (SSSR count). The van der Waals surface area contributed by atoms with Crippen molar-refractivity contribution in [2.75, 3.05) is 0 Å². The zero-order chi connectivity index (χ0) is 18.6. The lowest BCUT2D eigenvalue weighted by atomic mass is 9.94. The van der Waals surface area contributed by atoms with Crippen molar-refractivity contribution in [1.29, 1.82) is 5.26 Å². The smallest absolute Gasteiger partial charge is 0.166 e. The van der Waals surface area contributed by atoms with E-state index < -0.39 is 0 Å². The molecule has 0 aliphatic heterocycles. The number of hydrogen-bond donors (Lipinski definition) is 0. The van der Waals surface area contributed by atoms with Crippen molar-refractivity contribution in [3.8, 4) is 11.8 Å². The van der Waals surface area contributed by atoms with Crippen LogP contribution in [0.25, 0.3) is 0 Å². The van der Waals surface area contributed by atoms with Crippen LogP contribution < -0.4 is 4.74 Å². The second-order valence-corrected chi connectivity index (χ2v) is 6.57. The number of ether oxygens (including phenoxy) is 1. The largest absolute Gasteiger partial charge is 0.487 e. The predicted molar refractivity (Wildman–Crippen MR) is 101 cm³/mol. The van der Waals surface area contributed by atoms with Crippen molar-refractivity contribution < 1.29 is 9.53 Å². The van der Waals surface area contributed by atoms with E-state index >= 15 is 0 Å². The molecule has 1 aliphatic carbocycles. The average molecular weight is 357 g/mol. The van der Waals surface area contributed by atoms with Crippen molar-refractivity contribution >= 4 is 5.78 Å². The molecule has 0 atom stereocenters. The summed E-state index contributed by atoms with van der Waals surface area (Å²) in [6.45, 7) is 0.732. The molecule has 2 aromatic carbocycles. The van der Waals surface area contributed by atoms with E-state index in [1.165, 1.54) is 0 Å². The number of carbonyl (C=O) groups is 1. The summed E-state index contributed by atoms with van der Waals surface area (Å²) in [4.78, 5) is 12.5. The van der Waals surface area contributed by atoms with Gasteiger partial charge in [0.15, 0.2) is 5.78 Å². The number of rotatable bonds is 5. The minimum atomic E-state index is 0.128. The third kappa shape index (κ3) is 3.47. The number of hydrogen-bond acceptors (Lipinski definition) is 4. The van der Waals surface area contributed by atoms with Crippen molar-refractivity contribution in [3.63, 3.8) is 0 Å². The first-order valence-electron chi connectivity index (χ1n) is 9.04. The molecule has 0 fully saturated rings. The van der Waals surface area contributed by atoms with E-state index in [4.69, 9.17) is 4.74 Å². The minimum Gasteiger partial charge on any atom is -0.487 e. The molecule has 0 radical (unpaired) electrons. The van der Waals surface area contributed by atoms with Crippen LogP contribution in [-0.4, -0.2) is 15.6 Å². The van der Waals surface area contributed by atoms with Crippen molar-refractivity contribution in [3.05, 3.63) is 82.7 Å². The SMILES string of the molecule is N#Cc1ccccc1Cn1nc(COc2ccccc2)c2c1CCCC2=O. The number of aromatic nitrogens is 2. The summed E-state index contributed by atoms with van der Waals surface area (Å²) >= 11 is 0. The van der Waals surface area contributed by atoms with Gasteiger partial charge in [0.25, 0.3) is 0 Å².